The molecule has 1 N–H and O–H groups in total. The zero-order valence-corrected chi connectivity index (χ0v) is 14.9. The quantitative estimate of drug-likeness (QED) is 0.687. The van der Waals surface area contributed by atoms with Gasteiger partial charge in [-0.3, -0.25) is 0 Å². The van der Waals surface area contributed by atoms with E-state index in [-0.39, 0.29) is 0 Å². The molecular weight excluding hydrogens is 242 g/mol. The van der Waals surface area contributed by atoms with E-state index in [0.29, 0.717) is 0 Å². The normalized spacial score (nSPS) is 7.95. The summed E-state index contributed by atoms with van der Waals surface area (Å²) in [4.78, 5) is 0. The third-order valence-electron chi connectivity index (χ3n) is 2.38. The molecule has 0 saturated heterocycles. The van der Waals surface area contributed by atoms with E-state index < -0.39 is 0 Å². The van der Waals surface area contributed by atoms with Crippen LogP contribution in [-0.4, -0.2) is 13.6 Å². The molecule has 1 aromatic carbocycles. The van der Waals surface area contributed by atoms with Gasteiger partial charge in [0.1, 0.15) is 0 Å². The van der Waals surface area contributed by atoms with Crippen LogP contribution in [0.5, 0.6) is 0 Å². The van der Waals surface area contributed by atoms with Crippen molar-refractivity contribution in [3.8, 4) is 0 Å². The van der Waals surface area contributed by atoms with Gasteiger partial charge in [0.15, 0.2) is 0 Å². The lowest BCUT2D eigenvalue weighted by Crippen LogP contribution is -2.10. The van der Waals surface area contributed by atoms with Crippen LogP contribution in [0.1, 0.15) is 59.1 Å². The van der Waals surface area contributed by atoms with Crippen molar-refractivity contribution >= 4 is 0 Å². The van der Waals surface area contributed by atoms with Gasteiger partial charge in [-0.15, -0.1) is 6.58 Å². The van der Waals surface area contributed by atoms with Crippen LogP contribution < -0.4 is 5.32 Å². The molecule has 0 unspecified atom stereocenters. The van der Waals surface area contributed by atoms with Gasteiger partial charge in [0.2, 0.25) is 0 Å². The molecule has 1 aromatic rings. The third-order valence-corrected chi connectivity index (χ3v) is 2.38. The molecule has 0 radical (unpaired) electrons. The topological polar surface area (TPSA) is 12.0 Å². The van der Waals surface area contributed by atoms with E-state index >= 15 is 0 Å². The van der Waals surface area contributed by atoms with Gasteiger partial charge in [0.05, 0.1) is 0 Å². The van der Waals surface area contributed by atoms with Crippen LogP contribution in [0.4, 0.5) is 0 Å². The molecule has 1 rings (SSSR count). The molecule has 0 amide bonds. The lowest BCUT2D eigenvalue weighted by atomic mass is 10.1. The van der Waals surface area contributed by atoms with Gasteiger partial charge in [-0.2, -0.15) is 0 Å². The highest BCUT2D eigenvalue weighted by Crippen LogP contribution is 2.04. The van der Waals surface area contributed by atoms with E-state index in [2.05, 4.69) is 50.0 Å². The Kier molecular flexibility index (Phi) is 27.6. The fourth-order valence-electron chi connectivity index (χ4n) is 1.21. The second-order valence-corrected chi connectivity index (χ2v) is 3.72. The Bertz CT molecular complexity index is 262. The molecule has 0 heterocycles. The molecule has 0 aliphatic heterocycles. The standard InChI is InChI=1S/C11H17N.C4H8.2C2H6/c1-3-10-4-6-11(7-5-10)8-9-12-2;1-3-4-2;2*1-2/h4-7,12H,3,8-9H2,1-2H3;3H,1,4H2,2H3;2*1-2H3. The van der Waals surface area contributed by atoms with E-state index in [4.69, 9.17) is 0 Å². The Morgan fingerprint density at radius 1 is 0.950 bits per heavy atom. The summed E-state index contributed by atoms with van der Waals surface area (Å²) in [7, 11) is 1.99. The molecule has 1 heteroatoms. The highest BCUT2D eigenvalue weighted by Gasteiger charge is 1.91. The zero-order chi connectivity index (χ0) is 16.2. The zero-order valence-electron chi connectivity index (χ0n) is 14.9. The third kappa shape index (κ3) is 16.9. The van der Waals surface area contributed by atoms with Gasteiger partial charge >= 0.3 is 0 Å². The van der Waals surface area contributed by atoms with Gasteiger partial charge in [-0.05, 0) is 44.0 Å². The number of aryl methyl sites for hydroxylation is 1. The predicted molar refractivity (Wildman–Crippen MR) is 96.6 cm³/mol. The largest absolute Gasteiger partial charge is 0.319 e. The predicted octanol–water partition coefficient (Wildman–Crippen LogP) is 5.65. The lowest BCUT2D eigenvalue weighted by molar-refractivity contribution is 0.791. The maximum atomic E-state index is 3.48. The minimum Gasteiger partial charge on any atom is -0.319 e. The van der Waals surface area contributed by atoms with Crippen molar-refractivity contribution in [3.05, 3.63) is 48.0 Å². The molecule has 0 atom stereocenters. The van der Waals surface area contributed by atoms with Gasteiger partial charge in [-0.25, -0.2) is 0 Å². The Morgan fingerprint density at radius 3 is 1.65 bits per heavy atom. The van der Waals surface area contributed by atoms with Gasteiger partial charge < -0.3 is 5.32 Å². The van der Waals surface area contributed by atoms with E-state index in [1.165, 1.54) is 11.1 Å². The van der Waals surface area contributed by atoms with E-state index in [0.717, 1.165) is 25.8 Å². The molecular formula is C19H37N. The van der Waals surface area contributed by atoms with Gasteiger partial charge in [-0.1, -0.05) is 71.9 Å². The second-order valence-electron chi connectivity index (χ2n) is 3.72. The first kappa shape index (κ1) is 24.0. The molecule has 0 aliphatic carbocycles. The summed E-state index contributed by atoms with van der Waals surface area (Å²) in [6, 6.07) is 8.86. The number of allylic oxidation sites excluding steroid dienone is 1. The van der Waals surface area contributed by atoms with Crippen molar-refractivity contribution in [1.29, 1.82) is 0 Å². The Balaban J connectivity index is -0.000000306. The average molecular weight is 280 g/mol. The summed E-state index contributed by atoms with van der Waals surface area (Å²) in [5.74, 6) is 0. The molecule has 0 aromatic heterocycles. The number of benzene rings is 1. The summed E-state index contributed by atoms with van der Waals surface area (Å²) >= 11 is 0. The molecule has 0 spiro atoms. The molecule has 0 bridgehead atoms. The lowest BCUT2D eigenvalue weighted by Gasteiger charge is -2.01. The van der Waals surface area contributed by atoms with Crippen LogP contribution in [0.15, 0.2) is 36.9 Å². The molecule has 118 valence electrons. The maximum absolute atomic E-state index is 3.48. The monoisotopic (exact) mass is 279 g/mol. The van der Waals surface area contributed by atoms with Crippen LogP contribution in [0.2, 0.25) is 0 Å². The minimum absolute atomic E-state index is 1.06. The van der Waals surface area contributed by atoms with Crippen molar-refractivity contribution in [2.45, 2.75) is 60.8 Å². The molecule has 0 fully saturated rings. The number of hydrogen-bond donors (Lipinski definition) is 1. The summed E-state index contributed by atoms with van der Waals surface area (Å²) in [5, 5.41) is 3.14. The fraction of sp³-hybridized carbons (Fsp3) is 0.579. The van der Waals surface area contributed by atoms with Gasteiger partial charge in [0.25, 0.3) is 0 Å². The van der Waals surface area contributed by atoms with Crippen LogP contribution >= 0.6 is 0 Å². The molecule has 20 heavy (non-hydrogen) atoms. The summed E-state index contributed by atoms with van der Waals surface area (Å²) in [6.07, 6.45) is 5.22. The Labute approximate surface area is 128 Å². The SMILES string of the molecule is C=CCC.CC.CC.CCc1ccc(CCNC)cc1. The molecule has 1 nitrogen and oxygen atoms in total. The highest BCUT2D eigenvalue weighted by atomic mass is 14.8. The number of likely N-dealkylation sites (N-methyl/N-ethyl adjacent to an activating group) is 1. The van der Waals surface area contributed by atoms with Crippen molar-refractivity contribution in [2.24, 2.45) is 0 Å². The number of hydrogen-bond acceptors (Lipinski definition) is 1. The van der Waals surface area contributed by atoms with Crippen LogP contribution in [0, 0.1) is 0 Å². The Hall–Kier alpha value is -1.08. The average Bonchev–Trinajstić information content (AvgIpc) is 2.57. The van der Waals surface area contributed by atoms with Crippen LogP contribution in [0.3, 0.4) is 0 Å². The smallest absolute Gasteiger partial charge is 0.00114 e. The molecule has 0 aliphatic rings. The van der Waals surface area contributed by atoms with Crippen LogP contribution in [-0.2, 0) is 12.8 Å². The first-order valence-electron chi connectivity index (χ1n) is 8.11. The van der Waals surface area contributed by atoms with Crippen molar-refractivity contribution < 1.29 is 0 Å². The Morgan fingerprint density at radius 2 is 1.35 bits per heavy atom. The van der Waals surface area contributed by atoms with Crippen molar-refractivity contribution in [3.63, 3.8) is 0 Å². The fourth-order valence-corrected chi connectivity index (χ4v) is 1.21. The summed E-state index contributed by atoms with van der Waals surface area (Å²) in [5.41, 5.74) is 2.84. The van der Waals surface area contributed by atoms with E-state index in [1.807, 2.05) is 40.8 Å². The van der Waals surface area contributed by atoms with Crippen molar-refractivity contribution in [2.75, 3.05) is 13.6 Å². The van der Waals surface area contributed by atoms with Crippen LogP contribution in [0.25, 0.3) is 0 Å². The first-order chi connectivity index (χ1) is 9.78. The highest BCUT2D eigenvalue weighted by molar-refractivity contribution is 5.22. The van der Waals surface area contributed by atoms with Gasteiger partial charge in [0, 0.05) is 0 Å². The van der Waals surface area contributed by atoms with E-state index in [9.17, 15) is 0 Å². The minimum atomic E-state index is 1.06. The summed E-state index contributed by atoms with van der Waals surface area (Å²) in [6.45, 7) is 16.8. The number of rotatable bonds is 5. The molecule has 0 saturated carbocycles. The first-order valence-corrected chi connectivity index (χ1v) is 8.11. The van der Waals surface area contributed by atoms with Crippen molar-refractivity contribution in [1.82, 2.24) is 5.32 Å². The number of nitrogens with one attached hydrogen (secondary N) is 1. The maximum Gasteiger partial charge on any atom is -0.00114 e. The summed E-state index contributed by atoms with van der Waals surface area (Å²) < 4.78 is 0. The second kappa shape index (κ2) is 23.0. The van der Waals surface area contributed by atoms with E-state index in [1.54, 1.807) is 0 Å².